The van der Waals surface area contributed by atoms with Gasteiger partial charge in [0.25, 0.3) is 0 Å². The predicted octanol–water partition coefficient (Wildman–Crippen LogP) is 2.35. The van der Waals surface area contributed by atoms with E-state index in [0.29, 0.717) is 5.54 Å². The highest BCUT2D eigenvalue weighted by molar-refractivity contribution is 7.99. The summed E-state index contributed by atoms with van der Waals surface area (Å²) in [6.07, 6.45) is 5.66. The average molecular weight is 242 g/mol. The number of hydrogen-bond donors (Lipinski definition) is 1. The van der Waals surface area contributed by atoms with Crippen molar-refractivity contribution in [3.05, 3.63) is 0 Å². The second-order valence-electron chi connectivity index (χ2n) is 5.39. The number of piperazine rings is 1. The summed E-state index contributed by atoms with van der Waals surface area (Å²) in [6.45, 7) is 8.39. The van der Waals surface area contributed by atoms with Crippen LogP contribution in [0.2, 0.25) is 0 Å². The molecule has 1 aliphatic carbocycles. The molecular formula is C13H26N2S. The molecule has 2 fully saturated rings. The Bertz CT molecular complexity index is 214. The highest BCUT2D eigenvalue weighted by Crippen LogP contribution is 2.32. The smallest absolute Gasteiger partial charge is 0.0309 e. The largest absolute Gasteiger partial charge is 0.309 e. The van der Waals surface area contributed by atoms with Crippen molar-refractivity contribution in [1.29, 1.82) is 0 Å². The van der Waals surface area contributed by atoms with Crippen molar-refractivity contribution in [2.75, 3.05) is 31.1 Å². The zero-order chi connectivity index (χ0) is 11.4. The molecule has 2 aliphatic rings. The third kappa shape index (κ3) is 2.93. The zero-order valence-electron chi connectivity index (χ0n) is 10.8. The lowest BCUT2D eigenvalue weighted by molar-refractivity contribution is 0.109. The second-order valence-corrected chi connectivity index (χ2v) is 6.71. The molecule has 0 bridgehead atoms. The summed E-state index contributed by atoms with van der Waals surface area (Å²) in [5.41, 5.74) is 0.489. The van der Waals surface area contributed by atoms with Crippen LogP contribution in [0.5, 0.6) is 0 Å². The maximum Gasteiger partial charge on any atom is 0.0309 e. The lowest BCUT2D eigenvalue weighted by Crippen LogP contribution is -2.61. The number of nitrogens with one attached hydrogen (secondary N) is 1. The maximum absolute atomic E-state index is 3.79. The summed E-state index contributed by atoms with van der Waals surface area (Å²) < 4.78 is 0. The topological polar surface area (TPSA) is 15.3 Å². The van der Waals surface area contributed by atoms with Crippen molar-refractivity contribution >= 4 is 11.8 Å². The van der Waals surface area contributed by atoms with Gasteiger partial charge in [-0.15, -0.1) is 0 Å². The molecule has 0 amide bonds. The zero-order valence-corrected chi connectivity index (χ0v) is 11.6. The van der Waals surface area contributed by atoms with E-state index in [1.165, 1.54) is 56.8 Å². The number of nitrogens with zero attached hydrogens (tertiary/aromatic N) is 1. The van der Waals surface area contributed by atoms with Crippen LogP contribution in [0.4, 0.5) is 0 Å². The van der Waals surface area contributed by atoms with Crippen LogP contribution >= 0.6 is 11.8 Å². The van der Waals surface area contributed by atoms with E-state index < -0.39 is 0 Å². The fourth-order valence-corrected chi connectivity index (χ4v) is 3.93. The molecule has 0 aromatic heterocycles. The Morgan fingerprint density at radius 2 is 2.12 bits per heavy atom. The van der Waals surface area contributed by atoms with Crippen molar-refractivity contribution in [3.63, 3.8) is 0 Å². The van der Waals surface area contributed by atoms with Crippen molar-refractivity contribution in [2.45, 2.75) is 51.1 Å². The van der Waals surface area contributed by atoms with Crippen LogP contribution in [0.1, 0.15) is 39.5 Å². The molecule has 3 heteroatoms. The molecule has 2 nitrogen and oxygen atoms in total. The summed E-state index contributed by atoms with van der Waals surface area (Å²) in [7, 11) is 0. The molecule has 1 saturated heterocycles. The third-order valence-electron chi connectivity index (χ3n) is 4.15. The van der Waals surface area contributed by atoms with Crippen LogP contribution in [0, 0.1) is 0 Å². The van der Waals surface area contributed by atoms with Crippen LogP contribution in [-0.4, -0.2) is 47.6 Å². The van der Waals surface area contributed by atoms with Crippen molar-refractivity contribution in [1.82, 2.24) is 10.2 Å². The van der Waals surface area contributed by atoms with Gasteiger partial charge in [-0.1, -0.05) is 19.8 Å². The first-order chi connectivity index (χ1) is 7.76. The molecule has 1 heterocycles. The summed E-state index contributed by atoms with van der Waals surface area (Å²) in [5.74, 6) is 2.55. The van der Waals surface area contributed by atoms with Crippen molar-refractivity contribution in [2.24, 2.45) is 0 Å². The van der Waals surface area contributed by atoms with Gasteiger partial charge in [-0.3, -0.25) is 4.90 Å². The number of rotatable bonds is 4. The monoisotopic (exact) mass is 242 g/mol. The number of hydrogen-bond acceptors (Lipinski definition) is 3. The Labute approximate surface area is 105 Å². The molecule has 1 N–H and O–H groups in total. The van der Waals surface area contributed by atoms with Crippen molar-refractivity contribution < 1.29 is 0 Å². The Hall–Kier alpha value is 0.270. The van der Waals surface area contributed by atoms with Crippen LogP contribution in [-0.2, 0) is 0 Å². The number of thioether (sulfide) groups is 1. The van der Waals surface area contributed by atoms with Crippen molar-refractivity contribution in [3.8, 4) is 0 Å². The maximum atomic E-state index is 3.79. The first kappa shape index (κ1) is 12.7. The normalized spacial score (nSPS) is 27.4. The average Bonchev–Trinajstić information content (AvgIpc) is 2.74. The van der Waals surface area contributed by atoms with Crippen LogP contribution in [0.25, 0.3) is 0 Å². The van der Waals surface area contributed by atoms with Gasteiger partial charge in [0.05, 0.1) is 0 Å². The highest BCUT2D eigenvalue weighted by atomic mass is 32.2. The Morgan fingerprint density at radius 1 is 1.38 bits per heavy atom. The Balaban J connectivity index is 1.85. The van der Waals surface area contributed by atoms with E-state index in [2.05, 4.69) is 35.8 Å². The molecule has 94 valence electrons. The van der Waals surface area contributed by atoms with Gasteiger partial charge in [-0.25, -0.2) is 0 Å². The lowest BCUT2D eigenvalue weighted by Gasteiger charge is -2.44. The highest BCUT2D eigenvalue weighted by Gasteiger charge is 2.38. The quantitative estimate of drug-likeness (QED) is 0.815. The minimum atomic E-state index is 0.489. The summed E-state index contributed by atoms with van der Waals surface area (Å²) in [5, 5.41) is 3.79. The van der Waals surface area contributed by atoms with Gasteiger partial charge in [0, 0.05) is 37.0 Å². The molecule has 0 aromatic carbocycles. The fraction of sp³-hybridized carbons (Fsp3) is 1.00. The van der Waals surface area contributed by atoms with Crippen LogP contribution < -0.4 is 5.32 Å². The summed E-state index contributed by atoms with van der Waals surface area (Å²) in [4.78, 5) is 2.71. The van der Waals surface area contributed by atoms with E-state index in [1.54, 1.807) is 0 Å². The third-order valence-corrected chi connectivity index (χ3v) is 5.28. The van der Waals surface area contributed by atoms with Gasteiger partial charge in [-0.2, -0.15) is 11.8 Å². The van der Waals surface area contributed by atoms with E-state index in [0.717, 1.165) is 6.04 Å². The fourth-order valence-electron chi connectivity index (χ4n) is 3.15. The van der Waals surface area contributed by atoms with E-state index in [1.807, 2.05) is 0 Å². The molecule has 1 saturated carbocycles. The minimum absolute atomic E-state index is 0.489. The van der Waals surface area contributed by atoms with Gasteiger partial charge in [0.15, 0.2) is 0 Å². The van der Waals surface area contributed by atoms with E-state index >= 15 is 0 Å². The predicted molar refractivity (Wildman–Crippen MR) is 73.2 cm³/mol. The molecule has 1 aliphatic heterocycles. The van der Waals surface area contributed by atoms with Gasteiger partial charge in [0.1, 0.15) is 0 Å². The molecule has 16 heavy (non-hydrogen) atoms. The van der Waals surface area contributed by atoms with Gasteiger partial charge >= 0.3 is 0 Å². The molecule has 0 aromatic rings. The lowest BCUT2D eigenvalue weighted by atomic mass is 9.94. The Kier molecular flexibility index (Phi) is 4.57. The Morgan fingerprint density at radius 3 is 2.81 bits per heavy atom. The summed E-state index contributed by atoms with van der Waals surface area (Å²) >= 11 is 2.08. The van der Waals surface area contributed by atoms with E-state index in [-0.39, 0.29) is 0 Å². The molecular weight excluding hydrogens is 216 g/mol. The molecule has 1 atom stereocenters. The van der Waals surface area contributed by atoms with E-state index in [9.17, 15) is 0 Å². The van der Waals surface area contributed by atoms with Gasteiger partial charge in [0.2, 0.25) is 0 Å². The minimum Gasteiger partial charge on any atom is -0.309 e. The molecule has 1 spiro atoms. The van der Waals surface area contributed by atoms with Gasteiger partial charge in [-0.05, 0) is 25.5 Å². The standard InChI is InChI=1S/C13H26N2S/c1-3-16-10-12(2)15-9-8-14-13(11-15)6-4-5-7-13/h12,14H,3-11H2,1-2H3. The second kappa shape index (κ2) is 5.74. The van der Waals surface area contributed by atoms with E-state index in [4.69, 9.17) is 0 Å². The first-order valence-corrected chi connectivity index (χ1v) is 7.98. The van der Waals surface area contributed by atoms with Crippen LogP contribution in [0.15, 0.2) is 0 Å². The SMILES string of the molecule is CCSCC(C)N1CCNC2(CCCC2)C1. The summed E-state index contributed by atoms with van der Waals surface area (Å²) in [6, 6.07) is 0.754. The first-order valence-electron chi connectivity index (χ1n) is 6.82. The van der Waals surface area contributed by atoms with Crippen LogP contribution in [0.3, 0.4) is 0 Å². The van der Waals surface area contributed by atoms with Gasteiger partial charge < -0.3 is 5.32 Å². The molecule has 1 unspecified atom stereocenters. The molecule has 0 radical (unpaired) electrons. The molecule has 2 rings (SSSR count).